The van der Waals surface area contributed by atoms with Gasteiger partial charge >= 0.3 is 6.18 Å². The zero-order chi connectivity index (χ0) is 11.3. The highest BCUT2D eigenvalue weighted by atomic mass is 19.4. The van der Waals surface area contributed by atoms with Crippen LogP contribution in [-0.4, -0.2) is 22.9 Å². The molecule has 0 radical (unpaired) electrons. The van der Waals surface area contributed by atoms with Crippen LogP contribution in [0, 0.1) is 0 Å². The van der Waals surface area contributed by atoms with E-state index in [0.29, 0.717) is 5.69 Å². The highest BCUT2D eigenvalue weighted by Crippen LogP contribution is 2.12. The summed E-state index contributed by atoms with van der Waals surface area (Å²) in [5, 5.41) is 8.97. The van der Waals surface area contributed by atoms with E-state index >= 15 is 0 Å². The van der Waals surface area contributed by atoms with Gasteiger partial charge in [0, 0.05) is 12.2 Å². The Morgan fingerprint density at radius 1 is 1.47 bits per heavy atom. The van der Waals surface area contributed by atoms with Gasteiger partial charge in [0.25, 0.3) is 0 Å². The summed E-state index contributed by atoms with van der Waals surface area (Å²) in [5.41, 5.74) is 1.57. The number of nitrogens with zero attached hydrogens (tertiary/aromatic N) is 1. The summed E-state index contributed by atoms with van der Waals surface area (Å²) in [6, 6.07) is 1.78. The van der Waals surface area contributed by atoms with Crippen molar-refractivity contribution in [2.24, 2.45) is 0 Å². The predicted molar refractivity (Wildman–Crippen MR) is 50.3 cm³/mol. The van der Waals surface area contributed by atoms with Gasteiger partial charge in [0.1, 0.15) is 0 Å². The second-order valence-electron chi connectivity index (χ2n) is 3.35. The Morgan fingerprint density at radius 3 is 2.80 bits per heavy atom. The average molecular weight is 221 g/mol. The van der Waals surface area contributed by atoms with Crippen molar-refractivity contribution < 1.29 is 13.2 Å². The Bertz CT molecular complexity index is 293. The monoisotopic (exact) mass is 221 g/mol. The highest BCUT2D eigenvalue weighted by molar-refractivity contribution is 5.08. The average Bonchev–Trinajstić information content (AvgIpc) is 2.51. The van der Waals surface area contributed by atoms with Crippen LogP contribution in [0.2, 0.25) is 0 Å². The van der Waals surface area contributed by atoms with E-state index in [0.717, 1.165) is 18.5 Å². The Morgan fingerprint density at radius 2 is 2.20 bits per heavy atom. The molecule has 1 rings (SSSR count). The van der Waals surface area contributed by atoms with Crippen molar-refractivity contribution in [1.29, 1.82) is 0 Å². The van der Waals surface area contributed by atoms with Gasteiger partial charge in [-0.25, -0.2) is 0 Å². The Kier molecular flexibility index (Phi) is 4.14. The van der Waals surface area contributed by atoms with Crippen LogP contribution < -0.4 is 5.32 Å². The maximum atomic E-state index is 11.8. The third kappa shape index (κ3) is 4.83. The largest absolute Gasteiger partial charge is 0.401 e. The van der Waals surface area contributed by atoms with Crippen molar-refractivity contribution >= 4 is 0 Å². The van der Waals surface area contributed by atoms with Gasteiger partial charge < -0.3 is 5.32 Å². The maximum absolute atomic E-state index is 11.8. The zero-order valence-electron chi connectivity index (χ0n) is 8.49. The molecule has 0 unspecified atom stereocenters. The molecule has 6 heteroatoms. The molecule has 0 saturated heterocycles. The van der Waals surface area contributed by atoms with Crippen molar-refractivity contribution in [2.45, 2.75) is 32.5 Å². The minimum absolute atomic E-state index is 0.163. The summed E-state index contributed by atoms with van der Waals surface area (Å²) >= 11 is 0. The number of H-pyrrole nitrogens is 1. The SMILES string of the molecule is CCCc1cc(CNCC(F)(F)F)[nH]n1. The van der Waals surface area contributed by atoms with E-state index in [2.05, 4.69) is 15.5 Å². The number of nitrogens with one attached hydrogen (secondary N) is 2. The molecule has 1 aromatic heterocycles. The number of hydrogen-bond acceptors (Lipinski definition) is 2. The van der Waals surface area contributed by atoms with Gasteiger partial charge in [0.05, 0.1) is 12.2 Å². The molecule has 15 heavy (non-hydrogen) atoms. The van der Waals surface area contributed by atoms with E-state index < -0.39 is 12.7 Å². The molecule has 0 saturated carbocycles. The second kappa shape index (κ2) is 5.16. The summed E-state index contributed by atoms with van der Waals surface area (Å²) in [5.74, 6) is 0. The van der Waals surface area contributed by atoms with Crippen LogP contribution in [0.5, 0.6) is 0 Å². The van der Waals surface area contributed by atoms with Crippen LogP contribution in [0.25, 0.3) is 0 Å². The molecule has 3 nitrogen and oxygen atoms in total. The van der Waals surface area contributed by atoms with Gasteiger partial charge in [0.2, 0.25) is 0 Å². The third-order valence-electron chi connectivity index (χ3n) is 1.83. The van der Waals surface area contributed by atoms with Crippen molar-refractivity contribution in [2.75, 3.05) is 6.54 Å². The Balaban J connectivity index is 2.31. The quantitative estimate of drug-likeness (QED) is 0.798. The summed E-state index contributed by atoms with van der Waals surface area (Å²) < 4.78 is 35.4. The standard InChI is InChI=1S/C9H14F3N3/c1-2-3-7-4-8(15-14-7)5-13-6-9(10,11)12/h4,13H,2-3,5-6H2,1H3,(H,14,15). The van der Waals surface area contributed by atoms with E-state index in [4.69, 9.17) is 0 Å². The molecule has 1 aromatic rings. The summed E-state index contributed by atoms with van der Waals surface area (Å²) in [6.07, 6.45) is -2.34. The molecule has 2 N–H and O–H groups in total. The molecule has 0 fully saturated rings. The highest BCUT2D eigenvalue weighted by Gasteiger charge is 2.26. The second-order valence-corrected chi connectivity index (χ2v) is 3.35. The fraction of sp³-hybridized carbons (Fsp3) is 0.667. The minimum Gasteiger partial charge on any atom is -0.303 e. The first-order valence-corrected chi connectivity index (χ1v) is 4.82. The lowest BCUT2D eigenvalue weighted by Crippen LogP contribution is -2.28. The molecule has 0 aromatic carbocycles. The lowest BCUT2D eigenvalue weighted by Gasteiger charge is -2.06. The van der Waals surface area contributed by atoms with Crippen LogP contribution >= 0.6 is 0 Å². The molecular formula is C9H14F3N3. The Hall–Kier alpha value is -1.04. The molecule has 1 heterocycles. The molecule has 86 valence electrons. The maximum Gasteiger partial charge on any atom is 0.401 e. The zero-order valence-corrected chi connectivity index (χ0v) is 8.49. The van der Waals surface area contributed by atoms with Crippen LogP contribution in [0.3, 0.4) is 0 Å². The van der Waals surface area contributed by atoms with E-state index in [1.807, 2.05) is 6.92 Å². The molecule has 0 spiro atoms. The summed E-state index contributed by atoms with van der Waals surface area (Å²) in [4.78, 5) is 0. The summed E-state index contributed by atoms with van der Waals surface area (Å²) in [6.45, 7) is 1.21. The van der Waals surface area contributed by atoms with Crippen LogP contribution in [-0.2, 0) is 13.0 Å². The fourth-order valence-corrected chi connectivity index (χ4v) is 1.22. The number of aryl methyl sites for hydroxylation is 1. The number of halogens is 3. The van der Waals surface area contributed by atoms with Gasteiger partial charge in [-0.3, -0.25) is 5.10 Å². The number of rotatable bonds is 5. The van der Waals surface area contributed by atoms with Crippen molar-refractivity contribution in [3.8, 4) is 0 Å². The van der Waals surface area contributed by atoms with Gasteiger partial charge in [0.15, 0.2) is 0 Å². The van der Waals surface area contributed by atoms with Crippen molar-refractivity contribution in [1.82, 2.24) is 15.5 Å². The van der Waals surface area contributed by atoms with Gasteiger partial charge in [-0.2, -0.15) is 18.3 Å². The van der Waals surface area contributed by atoms with Crippen LogP contribution in [0.4, 0.5) is 13.2 Å². The smallest absolute Gasteiger partial charge is 0.303 e. The predicted octanol–water partition coefficient (Wildman–Crippen LogP) is 2.01. The normalized spacial score (nSPS) is 12.0. The summed E-state index contributed by atoms with van der Waals surface area (Å²) in [7, 11) is 0. The van der Waals surface area contributed by atoms with Crippen molar-refractivity contribution in [3.05, 3.63) is 17.5 Å². The molecule has 0 aliphatic carbocycles. The van der Waals surface area contributed by atoms with Gasteiger partial charge in [-0.05, 0) is 12.5 Å². The molecule has 0 aliphatic rings. The molecule has 0 aliphatic heterocycles. The van der Waals surface area contributed by atoms with E-state index in [1.54, 1.807) is 6.07 Å². The topological polar surface area (TPSA) is 40.7 Å². The van der Waals surface area contributed by atoms with Gasteiger partial charge in [-0.1, -0.05) is 13.3 Å². The lowest BCUT2D eigenvalue weighted by atomic mass is 10.2. The third-order valence-corrected chi connectivity index (χ3v) is 1.83. The number of aromatic amines is 1. The first kappa shape index (κ1) is 12.0. The number of aromatic nitrogens is 2. The first-order chi connectivity index (χ1) is 7.01. The van der Waals surface area contributed by atoms with Crippen LogP contribution in [0.15, 0.2) is 6.07 Å². The molecule has 0 atom stereocenters. The van der Waals surface area contributed by atoms with Gasteiger partial charge in [-0.15, -0.1) is 0 Å². The number of alkyl halides is 3. The molecule has 0 amide bonds. The van der Waals surface area contributed by atoms with Crippen molar-refractivity contribution in [3.63, 3.8) is 0 Å². The molecule has 0 bridgehead atoms. The van der Waals surface area contributed by atoms with Crippen LogP contribution in [0.1, 0.15) is 24.7 Å². The van der Waals surface area contributed by atoms with E-state index in [1.165, 1.54) is 0 Å². The lowest BCUT2D eigenvalue weighted by molar-refractivity contribution is -0.125. The van der Waals surface area contributed by atoms with E-state index in [-0.39, 0.29) is 6.54 Å². The fourth-order valence-electron chi connectivity index (χ4n) is 1.22. The molecular weight excluding hydrogens is 207 g/mol. The van der Waals surface area contributed by atoms with E-state index in [9.17, 15) is 13.2 Å². The minimum atomic E-state index is -4.16. The first-order valence-electron chi connectivity index (χ1n) is 4.82. The number of hydrogen-bond donors (Lipinski definition) is 2. The Labute approximate surface area is 86.1 Å².